The molecule has 6 nitrogen and oxygen atoms in total. The fourth-order valence-electron chi connectivity index (χ4n) is 4.10. The van der Waals surface area contributed by atoms with Crippen LogP contribution in [0.2, 0.25) is 0 Å². The Morgan fingerprint density at radius 1 is 0.824 bits per heavy atom. The highest BCUT2D eigenvalue weighted by molar-refractivity contribution is 5.96. The number of benzene rings is 2. The van der Waals surface area contributed by atoms with Crippen LogP contribution in [0, 0.1) is 0 Å². The maximum Gasteiger partial charge on any atom is 0.253 e. The molecule has 2 aromatic rings. The van der Waals surface area contributed by atoms with Crippen LogP contribution in [0.1, 0.15) is 75.1 Å². The minimum absolute atomic E-state index is 0.0744. The fraction of sp³-hybridized carbons (Fsp3) is 0.500. The lowest BCUT2D eigenvalue weighted by atomic mass is 10.1. The highest BCUT2D eigenvalue weighted by Crippen LogP contribution is 2.17. The molecule has 0 atom stereocenters. The number of hydrogen-bond acceptors (Lipinski definition) is 4. The van der Waals surface area contributed by atoms with Gasteiger partial charge in [-0.05, 0) is 67.8 Å². The van der Waals surface area contributed by atoms with Gasteiger partial charge in [-0.1, -0.05) is 45.4 Å². The largest absolute Gasteiger partial charge is 0.494 e. The lowest BCUT2D eigenvalue weighted by Gasteiger charge is -2.20. The first-order valence-electron chi connectivity index (χ1n) is 12.8. The molecule has 184 valence electrons. The van der Waals surface area contributed by atoms with Gasteiger partial charge in [0, 0.05) is 30.0 Å². The molecular weight excluding hydrogens is 426 g/mol. The quantitative estimate of drug-likeness (QED) is 0.372. The maximum atomic E-state index is 12.7. The van der Waals surface area contributed by atoms with Crippen molar-refractivity contribution in [1.82, 2.24) is 4.90 Å². The van der Waals surface area contributed by atoms with Gasteiger partial charge in [-0.3, -0.25) is 9.59 Å². The summed E-state index contributed by atoms with van der Waals surface area (Å²) in [6.45, 7) is 4.77. The van der Waals surface area contributed by atoms with E-state index >= 15 is 0 Å². The molecule has 1 aliphatic heterocycles. The Kier molecular flexibility index (Phi) is 10.8. The molecule has 1 aliphatic rings. The maximum absolute atomic E-state index is 12.7. The van der Waals surface area contributed by atoms with Crippen LogP contribution < -0.4 is 15.4 Å². The monoisotopic (exact) mass is 465 g/mol. The van der Waals surface area contributed by atoms with Gasteiger partial charge < -0.3 is 20.3 Å². The summed E-state index contributed by atoms with van der Waals surface area (Å²) < 4.78 is 5.78. The minimum atomic E-state index is -0.140. The Hall–Kier alpha value is -3.02. The van der Waals surface area contributed by atoms with Gasteiger partial charge in [0.25, 0.3) is 5.91 Å². The van der Waals surface area contributed by atoms with Crippen LogP contribution in [0.3, 0.4) is 0 Å². The second-order valence-electron chi connectivity index (χ2n) is 8.97. The molecule has 0 aromatic heterocycles. The zero-order chi connectivity index (χ0) is 24.0. The number of ether oxygens (including phenoxy) is 1. The summed E-state index contributed by atoms with van der Waals surface area (Å²) in [7, 11) is 0. The third-order valence-electron chi connectivity index (χ3n) is 6.13. The lowest BCUT2D eigenvalue weighted by Crippen LogP contribution is -2.31. The molecule has 6 heteroatoms. The van der Waals surface area contributed by atoms with E-state index < -0.39 is 0 Å². The molecular formula is C28H39N3O3. The highest BCUT2D eigenvalue weighted by Gasteiger charge is 2.17. The molecule has 1 heterocycles. The summed E-state index contributed by atoms with van der Waals surface area (Å²) in [5, 5.41) is 6.01. The first-order chi connectivity index (χ1) is 16.7. The fourth-order valence-corrected chi connectivity index (χ4v) is 4.10. The third kappa shape index (κ3) is 8.73. The van der Waals surface area contributed by atoms with E-state index in [1.807, 2.05) is 29.2 Å². The molecule has 3 rings (SSSR count). The van der Waals surface area contributed by atoms with E-state index in [1.165, 1.54) is 38.5 Å². The van der Waals surface area contributed by atoms with Crippen LogP contribution >= 0.6 is 0 Å². The van der Waals surface area contributed by atoms with E-state index in [4.69, 9.17) is 4.74 Å². The molecule has 1 fully saturated rings. The predicted molar refractivity (Wildman–Crippen MR) is 139 cm³/mol. The standard InChI is InChI=1S/C28H39N3O3/c1-2-3-4-7-10-21-34-26-17-15-24(16-18-26)29-22-27(32)30-25-13-11-23(12-14-25)28(33)31-19-8-5-6-9-20-31/h11-18,29H,2-10,19-22H2,1H3,(H,30,32). The number of carbonyl (C=O) groups is 2. The van der Waals surface area contributed by atoms with Crippen LogP contribution in [0.4, 0.5) is 11.4 Å². The first kappa shape index (κ1) is 25.6. The summed E-state index contributed by atoms with van der Waals surface area (Å²) in [5.41, 5.74) is 2.21. The lowest BCUT2D eigenvalue weighted by molar-refractivity contribution is -0.114. The van der Waals surface area contributed by atoms with Crippen molar-refractivity contribution in [1.29, 1.82) is 0 Å². The minimum Gasteiger partial charge on any atom is -0.494 e. The summed E-state index contributed by atoms with van der Waals surface area (Å²) >= 11 is 0. The average Bonchev–Trinajstić information content (AvgIpc) is 3.15. The smallest absolute Gasteiger partial charge is 0.253 e. The van der Waals surface area contributed by atoms with Crippen molar-refractivity contribution in [2.24, 2.45) is 0 Å². The SMILES string of the molecule is CCCCCCCOc1ccc(NCC(=O)Nc2ccc(C(=O)N3CCCCCC3)cc2)cc1. The van der Waals surface area contributed by atoms with Crippen molar-refractivity contribution in [3.8, 4) is 5.75 Å². The molecule has 2 amide bonds. The molecule has 34 heavy (non-hydrogen) atoms. The zero-order valence-corrected chi connectivity index (χ0v) is 20.5. The van der Waals surface area contributed by atoms with E-state index in [9.17, 15) is 9.59 Å². The number of rotatable bonds is 12. The Bertz CT molecular complexity index is 873. The molecule has 0 spiro atoms. The van der Waals surface area contributed by atoms with Crippen molar-refractivity contribution < 1.29 is 14.3 Å². The van der Waals surface area contributed by atoms with Gasteiger partial charge in [-0.2, -0.15) is 0 Å². The topological polar surface area (TPSA) is 70.7 Å². The first-order valence-corrected chi connectivity index (χ1v) is 12.8. The van der Waals surface area contributed by atoms with Crippen LogP contribution in [0.15, 0.2) is 48.5 Å². The van der Waals surface area contributed by atoms with E-state index in [-0.39, 0.29) is 18.4 Å². The van der Waals surface area contributed by atoms with Crippen molar-refractivity contribution >= 4 is 23.2 Å². The van der Waals surface area contributed by atoms with Crippen molar-refractivity contribution in [3.63, 3.8) is 0 Å². The van der Waals surface area contributed by atoms with Gasteiger partial charge in [0.15, 0.2) is 0 Å². The van der Waals surface area contributed by atoms with Gasteiger partial charge in [-0.25, -0.2) is 0 Å². The van der Waals surface area contributed by atoms with E-state index in [0.29, 0.717) is 11.3 Å². The number of nitrogens with zero attached hydrogens (tertiary/aromatic N) is 1. The molecule has 1 saturated heterocycles. The Morgan fingerprint density at radius 3 is 2.15 bits per heavy atom. The molecule has 0 saturated carbocycles. The molecule has 2 aromatic carbocycles. The summed E-state index contributed by atoms with van der Waals surface area (Å²) in [5.74, 6) is 0.782. The summed E-state index contributed by atoms with van der Waals surface area (Å²) in [4.78, 5) is 27.0. The van der Waals surface area contributed by atoms with Gasteiger partial charge in [0.2, 0.25) is 5.91 Å². The second-order valence-corrected chi connectivity index (χ2v) is 8.97. The second kappa shape index (κ2) is 14.3. The van der Waals surface area contributed by atoms with Gasteiger partial charge >= 0.3 is 0 Å². The van der Waals surface area contributed by atoms with Gasteiger partial charge in [0.05, 0.1) is 13.2 Å². The van der Waals surface area contributed by atoms with Crippen LogP contribution in [0.5, 0.6) is 5.75 Å². The Labute approximate surface area is 204 Å². The van der Waals surface area contributed by atoms with E-state index in [0.717, 1.165) is 50.4 Å². The number of anilines is 2. The summed E-state index contributed by atoms with van der Waals surface area (Å²) in [6, 6.07) is 14.8. The highest BCUT2D eigenvalue weighted by atomic mass is 16.5. The molecule has 0 radical (unpaired) electrons. The van der Waals surface area contributed by atoms with Crippen molar-refractivity contribution in [2.45, 2.75) is 64.7 Å². The molecule has 0 unspecified atom stereocenters. The van der Waals surface area contributed by atoms with E-state index in [1.54, 1.807) is 24.3 Å². The number of likely N-dealkylation sites (tertiary alicyclic amines) is 1. The number of unbranched alkanes of at least 4 members (excludes halogenated alkanes) is 4. The predicted octanol–water partition coefficient (Wildman–Crippen LogP) is 6.10. The van der Waals surface area contributed by atoms with E-state index in [2.05, 4.69) is 17.6 Å². The third-order valence-corrected chi connectivity index (χ3v) is 6.13. The van der Waals surface area contributed by atoms with Gasteiger partial charge in [-0.15, -0.1) is 0 Å². The van der Waals surface area contributed by atoms with Crippen LogP contribution in [0.25, 0.3) is 0 Å². The molecule has 2 N–H and O–H groups in total. The van der Waals surface area contributed by atoms with Gasteiger partial charge in [0.1, 0.15) is 5.75 Å². The normalized spacial score (nSPS) is 13.7. The zero-order valence-electron chi connectivity index (χ0n) is 20.5. The Morgan fingerprint density at radius 2 is 1.47 bits per heavy atom. The number of amides is 2. The molecule has 0 bridgehead atoms. The number of carbonyl (C=O) groups excluding carboxylic acids is 2. The van der Waals surface area contributed by atoms with Crippen molar-refractivity contribution in [3.05, 3.63) is 54.1 Å². The summed E-state index contributed by atoms with van der Waals surface area (Å²) in [6.07, 6.45) is 10.6. The van der Waals surface area contributed by atoms with Crippen LogP contribution in [-0.4, -0.2) is 43.0 Å². The molecule has 0 aliphatic carbocycles. The Balaban J connectivity index is 1.37. The van der Waals surface area contributed by atoms with Crippen LogP contribution in [-0.2, 0) is 4.79 Å². The number of nitrogens with one attached hydrogen (secondary N) is 2. The number of hydrogen-bond donors (Lipinski definition) is 2. The average molecular weight is 466 g/mol. The van der Waals surface area contributed by atoms with Crippen molar-refractivity contribution in [2.75, 3.05) is 36.9 Å².